The molecule has 9 atom stereocenters. The molecule has 4 amide bonds. The SMILES string of the molecule is COc1cccc2c1C(=O)c1c(O)c3c(c(O)c1C2=O)C[C@@](O)(C(=O)CSC1CC(=O)N(CC2CCC(C(=O)ON4C(=O)CCC4=O)CC2)C1=O)C[C@@H]3O[C@H]1C[C@H]2[C@H](O[C@@H]3[C@@H](OC)OCCN32)[C@H](C)O1. The van der Waals surface area contributed by atoms with Crippen LogP contribution in [-0.2, 0) is 63.7 Å². The second-order valence-corrected chi connectivity index (χ2v) is 20.4. The first-order valence-corrected chi connectivity index (χ1v) is 24.6. The van der Waals surface area contributed by atoms with Crippen LogP contribution in [0.4, 0.5) is 0 Å². The first-order chi connectivity index (χ1) is 33.5. The largest absolute Gasteiger partial charge is 0.507 e. The summed E-state index contributed by atoms with van der Waals surface area (Å²) in [6.45, 7) is 2.79. The molecule has 70 heavy (non-hydrogen) atoms. The minimum Gasteiger partial charge on any atom is -0.507 e. The number of phenolic OH excluding ortho intramolecular Hbond substituents is 2. The molecule has 1 saturated carbocycles. The fraction of sp³-hybridized carbons (Fsp3) is 0.583. The number of aromatic hydroxyl groups is 2. The van der Waals surface area contributed by atoms with E-state index >= 15 is 0 Å². The van der Waals surface area contributed by atoms with Crippen molar-refractivity contribution in [3.63, 3.8) is 0 Å². The molecule has 2 aromatic rings. The lowest BCUT2D eigenvalue weighted by atomic mass is 9.72. The van der Waals surface area contributed by atoms with Crippen LogP contribution >= 0.6 is 11.8 Å². The number of hydrogen-bond donors (Lipinski definition) is 3. The number of imide groups is 2. The zero-order chi connectivity index (χ0) is 49.5. The molecule has 0 bridgehead atoms. The number of benzene rings is 2. The summed E-state index contributed by atoms with van der Waals surface area (Å²) in [5, 5.41) is 36.2. The van der Waals surface area contributed by atoms with Gasteiger partial charge in [-0.3, -0.25) is 43.4 Å². The molecule has 2 aromatic carbocycles. The van der Waals surface area contributed by atoms with Crippen molar-refractivity contribution in [1.82, 2.24) is 14.9 Å². The van der Waals surface area contributed by atoms with Crippen LogP contribution in [0.2, 0.25) is 0 Å². The molecule has 374 valence electrons. The summed E-state index contributed by atoms with van der Waals surface area (Å²) in [5.41, 5.74) is -3.82. The third kappa shape index (κ3) is 8.18. The molecule has 1 unspecified atom stereocenters. The number of nitrogens with zero attached hydrogens (tertiary/aromatic N) is 3. The number of phenols is 2. The second kappa shape index (κ2) is 18.7. The summed E-state index contributed by atoms with van der Waals surface area (Å²) < 4.78 is 36.0. The lowest BCUT2D eigenvalue weighted by molar-refractivity contribution is -0.256. The van der Waals surface area contributed by atoms with Gasteiger partial charge in [0.1, 0.15) is 29.0 Å². The smallest absolute Gasteiger partial charge is 0.336 e. The van der Waals surface area contributed by atoms with Crippen LogP contribution in [0.1, 0.15) is 114 Å². The molecule has 5 aliphatic heterocycles. The first-order valence-electron chi connectivity index (χ1n) is 23.5. The van der Waals surface area contributed by atoms with Crippen molar-refractivity contribution < 1.29 is 86.9 Å². The fourth-order valence-electron chi connectivity index (χ4n) is 11.5. The van der Waals surface area contributed by atoms with Gasteiger partial charge < -0.3 is 48.6 Å². The Balaban J connectivity index is 0.866. The first kappa shape index (κ1) is 48.3. The maximum absolute atomic E-state index is 14.4. The van der Waals surface area contributed by atoms with E-state index in [0.29, 0.717) is 43.9 Å². The van der Waals surface area contributed by atoms with Gasteiger partial charge in [0.15, 0.2) is 30.4 Å². The lowest BCUT2D eigenvalue weighted by Gasteiger charge is -2.43. The number of rotatable bonds is 12. The average Bonchev–Trinajstić information content (AvgIpc) is 3.98. The number of likely N-dealkylation sites (tertiary alicyclic amines) is 1. The zero-order valence-electron chi connectivity index (χ0n) is 38.6. The molecule has 5 saturated heterocycles. The minimum absolute atomic E-state index is 0.0207. The number of methoxy groups -OCH3 is 2. The van der Waals surface area contributed by atoms with Gasteiger partial charge in [0.2, 0.25) is 17.6 Å². The Morgan fingerprint density at radius 1 is 0.914 bits per heavy atom. The molecule has 8 aliphatic rings. The number of hydroxylamine groups is 2. The van der Waals surface area contributed by atoms with Crippen molar-refractivity contribution in [2.24, 2.45) is 11.8 Å². The van der Waals surface area contributed by atoms with Gasteiger partial charge in [-0.05, 0) is 44.6 Å². The van der Waals surface area contributed by atoms with E-state index in [1.165, 1.54) is 32.4 Å². The van der Waals surface area contributed by atoms with Crippen molar-refractivity contribution in [2.75, 3.05) is 39.7 Å². The molecule has 0 aromatic heterocycles. The van der Waals surface area contributed by atoms with E-state index in [4.69, 9.17) is 33.3 Å². The van der Waals surface area contributed by atoms with Gasteiger partial charge in [-0.15, -0.1) is 16.8 Å². The molecular formula is C48H53N3O18S. The third-order valence-corrected chi connectivity index (χ3v) is 16.3. The summed E-state index contributed by atoms with van der Waals surface area (Å²) in [5.74, 6) is -7.62. The molecule has 3 aliphatic carbocycles. The zero-order valence-corrected chi connectivity index (χ0v) is 39.4. The number of carbonyl (C=O) groups is 8. The Morgan fingerprint density at radius 2 is 1.64 bits per heavy atom. The number of ketones is 3. The molecule has 0 radical (unpaired) electrons. The topological polar surface area (TPSA) is 272 Å². The Kier molecular flexibility index (Phi) is 12.9. The molecule has 21 nitrogen and oxygen atoms in total. The number of aliphatic hydroxyl groups is 1. The highest BCUT2D eigenvalue weighted by atomic mass is 32.2. The van der Waals surface area contributed by atoms with Crippen LogP contribution in [-0.4, -0.2) is 165 Å². The summed E-state index contributed by atoms with van der Waals surface area (Å²) >= 11 is 0.879. The minimum atomic E-state index is -2.33. The second-order valence-electron chi connectivity index (χ2n) is 19.2. The highest BCUT2D eigenvalue weighted by Gasteiger charge is 2.56. The number of amides is 4. The number of fused-ring (bicyclic) bond motifs is 6. The average molecular weight is 992 g/mol. The number of carbonyl (C=O) groups excluding carboxylic acids is 8. The van der Waals surface area contributed by atoms with Crippen LogP contribution in [0, 0.1) is 11.8 Å². The van der Waals surface area contributed by atoms with Crippen LogP contribution in [0.25, 0.3) is 0 Å². The van der Waals surface area contributed by atoms with E-state index in [9.17, 15) is 53.7 Å². The van der Waals surface area contributed by atoms with E-state index < -0.39 is 142 Å². The normalized spacial score (nSPS) is 32.9. The highest BCUT2D eigenvalue weighted by Crippen LogP contribution is 2.53. The Labute approximate surface area is 404 Å². The molecular weight excluding hydrogens is 939 g/mol. The summed E-state index contributed by atoms with van der Waals surface area (Å²) in [6.07, 6.45) is -4.04. The predicted octanol–water partition coefficient (Wildman–Crippen LogP) is 1.99. The lowest BCUT2D eigenvalue weighted by Crippen LogP contribution is -2.55. The molecule has 3 N–H and O–H groups in total. The van der Waals surface area contributed by atoms with Crippen LogP contribution in [0.3, 0.4) is 0 Å². The molecule has 5 heterocycles. The van der Waals surface area contributed by atoms with E-state index in [0.717, 1.165) is 16.7 Å². The van der Waals surface area contributed by atoms with E-state index in [1.54, 1.807) is 6.92 Å². The highest BCUT2D eigenvalue weighted by molar-refractivity contribution is 8.01. The van der Waals surface area contributed by atoms with E-state index in [-0.39, 0.29) is 72.2 Å². The number of morpholine rings is 1. The quantitative estimate of drug-likeness (QED) is 0.173. The maximum atomic E-state index is 14.4. The monoisotopic (exact) mass is 991 g/mol. The van der Waals surface area contributed by atoms with Crippen molar-refractivity contribution in [1.29, 1.82) is 0 Å². The van der Waals surface area contributed by atoms with Gasteiger partial charge in [-0.2, -0.15) is 0 Å². The van der Waals surface area contributed by atoms with Crippen LogP contribution < -0.4 is 4.74 Å². The summed E-state index contributed by atoms with van der Waals surface area (Å²) in [6, 6.07) is 4.13. The Bertz CT molecular complexity index is 2570. The molecule has 22 heteroatoms. The van der Waals surface area contributed by atoms with Crippen LogP contribution in [0.5, 0.6) is 17.2 Å². The number of hydrogen-bond acceptors (Lipinski definition) is 20. The number of Topliss-reactive ketones (excluding diaryl/α,β-unsaturated/α-hetero) is 1. The third-order valence-electron chi connectivity index (χ3n) is 15.1. The summed E-state index contributed by atoms with van der Waals surface area (Å²) in [7, 11) is 2.85. The fourth-order valence-corrected chi connectivity index (χ4v) is 12.6. The standard InChI is InChI=1S/C48H53N3O18S/c1-21-43-26(49-13-14-65-47(64-3)45(49)68-43)15-34(66-21)67-28-18-48(62,17-25-36(28)42(59)38-37(40(25)57)39(56)24-5-4-6-27(63-2)35(24)41(38)58)30(52)20-70-29-16-33(55)50(44(29)60)19-22-7-9-23(10-8-22)46(61)69-51-31(53)11-12-32(51)54/h4-6,21-23,26,28-29,34,43,45,47,57,59,62H,7-20H2,1-3H3/t21-,22?,23?,26-,28-,29?,34-,43+,45+,47-,48-/m0/s1. The number of ether oxygens (including phenoxy) is 6. The van der Waals surface area contributed by atoms with E-state index in [2.05, 4.69) is 4.90 Å². The Hall–Kier alpha value is -5.33. The van der Waals surface area contributed by atoms with Crippen molar-refractivity contribution in [2.45, 2.75) is 125 Å². The van der Waals surface area contributed by atoms with Crippen molar-refractivity contribution in [3.05, 3.63) is 51.6 Å². The van der Waals surface area contributed by atoms with Gasteiger partial charge in [-0.25, -0.2) is 4.79 Å². The van der Waals surface area contributed by atoms with E-state index in [1.807, 2.05) is 0 Å². The Morgan fingerprint density at radius 3 is 2.36 bits per heavy atom. The van der Waals surface area contributed by atoms with Gasteiger partial charge >= 0.3 is 5.97 Å². The van der Waals surface area contributed by atoms with Crippen molar-refractivity contribution in [3.8, 4) is 17.2 Å². The molecule has 10 rings (SSSR count). The van der Waals surface area contributed by atoms with Gasteiger partial charge in [0.05, 0.1) is 59.5 Å². The predicted molar refractivity (Wildman–Crippen MR) is 237 cm³/mol. The molecule has 0 spiro atoms. The molecule has 6 fully saturated rings. The number of thioether (sulfide) groups is 1. The maximum Gasteiger partial charge on any atom is 0.336 e. The van der Waals surface area contributed by atoms with Crippen molar-refractivity contribution >= 4 is 58.7 Å². The van der Waals surface area contributed by atoms with Gasteiger partial charge in [0, 0.05) is 81.5 Å². The summed E-state index contributed by atoms with van der Waals surface area (Å²) in [4.78, 5) is 115. The van der Waals surface area contributed by atoms with Gasteiger partial charge in [-0.1, -0.05) is 12.1 Å². The van der Waals surface area contributed by atoms with Gasteiger partial charge in [0.25, 0.3) is 11.8 Å². The van der Waals surface area contributed by atoms with Crippen LogP contribution in [0.15, 0.2) is 18.2 Å².